The average molecular weight is 289 g/mol. The molecule has 0 aliphatic heterocycles. The van der Waals surface area contributed by atoms with E-state index in [0.717, 1.165) is 5.56 Å². The smallest absolute Gasteiger partial charge is 0.412 e. The Balaban J connectivity index is 2.37. The molecule has 0 heterocycles. The molecule has 1 aromatic rings. The number of hydrogen-bond acceptors (Lipinski definition) is 4. The normalized spacial score (nSPS) is 11.2. The van der Waals surface area contributed by atoms with Crippen LogP contribution in [0.2, 0.25) is 0 Å². The van der Waals surface area contributed by atoms with Crippen LogP contribution in [0.15, 0.2) is 48.2 Å². The molecule has 0 aromatic heterocycles. The van der Waals surface area contributed by atoms with Gasteiger partial charge in [0.2, 0.25) is 0 Å². The Morgan fingerprint density at radius 1 is 1.19 bits per heavy atom. The van der Waals surface area contributed by atoms with Gasteiger partial charge in [0.25, 0.3) is 0 Å². The van der Waals surface area contributed by atoms with Crippen molar-refractivity contribution in [1.82, 2.24) is 5.32 Å². The summed E-state index contributed by atoms with van der Waals surface area (Å²) in [5.74, 6) is -0.586. The van der Waals surface area contributed by atoms with Crippen molar-refractivity contribution < 1.29 is 19.1 Å². The number of alkyl carbamates (subject to hydrolysis) is 1. The van der Waals surface area contributed by atoms with Gasteiger partial charge in [-0.05, 0) is 25.5 Å². The third kappa shape index (κ3) is 6.42. The molecular weight excluding hydrogens is 270 g/mol. The quantitative estimate of drug-likeness (QED) is 0.646. The van der Waals surface area contributed by atoms with E-state index in [1.807, 2.05) is 36.4 Å². The topological polar surface area (TPSA) is 64.6 Å². The molecule has 0 atom stereocenters. The molecule has 0 spiro atoms. The molecule has 5 heteroatoms. The van der Waals surface area contributed by atoms with Gasteiger partial charge in [-0.15, -0.1) is 0 Å². The van der Waals surface area contributed by atoms with Crippen LogP contribution >= 0.6 is 0 Å². The number of amides is 1. The highest BCUT2D eigenvalue weighted by Gasteiger charge is 2.13. The molecule has 5 nitrogen and oxygen atoms in total. The van der Waals surface area contributed by atoms with Crippen molar-refractivity contribution in [1.29, 1.82) is 0 Å². The molecule has 1 rings (SSSR count). The van der Waals surface area contributed by atoms with E-state index in [1.54, 1.807) is 19.9 Å². The van der Waals surface area contributed by atoms with Crippen LogP contribution in [-0.4, -0.2) is 25.3 Å². The van der Waals surface area contributed by atoms with Crippen molar-refractivity contribution in [2.24, 2.45) is 0 Å². The van der Waals surface area contributed by atoms with Crippen molar-refractivity contribution >= 4 is 18.1 Å². The Labute approximate surface area is 124 Å². The summed E-state index contributed by atoms with van der Waals surface area (Å²) in [5.41, 5.74) is 1.08. The monoisotopic (exact) mass is 289 g/mol. The highest BCUT2D eigenvalue weighted by molar-refractivity contribution is 5.92. The fourth-order valence-corrected chi connectivity index (χ4v) is 1.47. The van der Waals surface area contributed by atoms with Crippen LogP contribution in [0.25, 0.3) is 6.08 Å². The third-order valence-electron chi connectivity index (χ3n) is 2.44. The van der Waals surface area contributed by atoms with Gasteiger partial charge in [-0.2, -0.15) is 0 Å². The summed E-state index contributed by atoms with van der Waals surface area (Å²) in [6.07, 6.45) is 4.32. The van der Waals surface area contributed by atoms with Crippen LogP contribution in [0.4, 0.5) is 4.79 Å². The second-order valence-corrected chi connectivity index (χ2v) is 3.96. The molecule has 0 aliphatic rings. The zero-order chi connectivity index (χ0) is 15.5. The molecular formula is C16H19NO4. The summed E-state index contributed by atoms with van der Waals surface area (Å²) in [5, 5.41) is 2.34. The Hall–Kier alpha value is -2.56. The van der Waals surface area contributed by atoms with Gasteiger partial charge in [0.15, 0.2) is 0 Å². The summed E-state index contributed by atoms with van der Waals surface area (Å²) in [4.78, 5) is 23.0. The first kappa shape index (κ1) is 16.5. The molecule has 0 bridgehead atoms. The summed E-state index contributed by atoms with van der Waals surface area (Å²) in [7, 11) is 0. The Morgan fingerprint density at radius 3 is 2.52 bits per heavy atom. The molecule has 0 unspecified atom stereocenters. The molecule has 0 fully saturated rings. The van der Waals surface area contributed by atoms with Gasteiger partial charge in [-0.25, -0.2) is 9.59 Å². The maximum Gasteiger partial charge on any atom is 0.412 e. The number of allylic oxidation sites excluding steroid dienone is 1. The van der Waals surface area contributed by atoms with E-state index in [9.17, 15) is 9.59 Å². The van der Waals surface area contributed by atoms with Crippen LogP contribution in [0, 0.1) is 0 Å². The zero-order valence-electron chi connectivity index (χ0n) is 12.2. The van der Waals surface area contributed by atoms with Gasteiger partial charge in [0, 0.05) is 0 Å². The van der Waals surface area contributed by atoms with E-state index < -0.39 is 12.1 Å². The Kier molecular flexibility index (Phi) is 7.35. The lowest BCUT2D eigenvalue weighted by Gasteiger charge is -2.08. The molecule has 0 saturated carbocycles. The van der Waals surface area contributed by atoms with E-state index in [0.29, 0.717) is 0 Å². The van der Waals surface area contributed by atoms with Crippen LogP contribution < -0.4 is 5.32 Å². The lowest BCUT2D eigenvalue weighted by molar-refractivity contribution is -0.138. The lowest BCUT2D eigenvalue weighted by atomic mass is 10.2. The highest BCUT2D eigenvalue weighted by Crippen LogP contribution is 2.01. The average Bonchev–Trinajstić information content (AvgIpc) is 2.50. The van der Waals surface area contributed by atoms with Crippen molar-refractivity contribution in [3.8, 4) is 0 Å². The maximum absolute atomic E-state index is 11.5. The van der Waals surface area contributed by atoms with Crippen molar-refractivity contribution in [3.05, 3.63) is 53.7 Å². The Morgan fingerprint density at radius 2 is 1.90 bits per heavy atom. The van der Waals surface area contributed by atoms with E-state index in [1.165, 1.54) is 6.08 Å². The van der Waals surface area contributed by atoms with Gasteiger partial charge >= 0.3 is 12.1 Å². The molecule has 1 aromatic carbocycles. The SMILES string of the molecule is C/C=C(\NC(=O)OC/C=C/c1ccccc1)C(=O)OCC. The molecule has 1 N–H and O–H groups in total. The first-order valence-electron chi connectivity index (χ1n) is 6.66. The number of esters is 1. The lowest BCUT2D eigenvalue weighted by Crippen LogP contribution is -2.29. The third-order valence-corrected chi connectivity index (χ3v) is 2.44. The van der Waals surface area contributed by atoms with Crippen LogP contribution in [0.1, 0.15) is 19.4 Å². The minimum atomic E-state index is -0.700. The molecule has 112 valence electrons. The summed E-state index contributed by atoms with van der Waals surface area (Å²) >= 11 is 0. The predicted molar refractivity (Wildman–Crippen MR) is 80.3 cm³/mol. The maximum atomic E-state index is 11.5. The van der Waals surface area contributed by atoms with E-state index in [2.05, 4.69) is 5.32 Å². The minimum absolute atomic E-state index is 0.0638. The fraction of sp³-hybridized carbons (Fsp3) is 0.250. The molecule has 0 radical (unpaired) electrons. The fourth-order valence-electron chi connectivity index (χ4n) is 1.47. The van der Waals surface area contributed by atoms with Crippen LogP contribution in [-0.2, 0) is 14.3 Å². The van der Waals surface area contributed by atoms with Gasteiger partial charge in [0.1, 0.15) is 12.3 Å². The number of benzene rings is 1. The number of hydrogen-bond donors (Lipinski definition) is 1. The number of ether oxygens (including phenoxy) is 2. The minimum Gasteiger partial charge on any atom is -0.461 e. The first-order chi connectivity index (χ1) is 10.2. The standard InChI is InChI=1S/C16H19NO4/c1-3-14(15(18)20-4-2)17-16(19)21-12-8-11-13-9-6-5-7-10-13/h3,5-11H,4,12H2,1-2H3,(H,17,19)/b11-8+,14-3-. The number of carbonyl (C=O) groups excluding carboxylic acids is 2. The molecule has 0 saturated heterocycles. The molecule has 1 amide bonds. The van der Waals surface area contributed by atoms with Crippen LogP contribution in [0.5, 0.6) is 0 Å². The summed E-state index contributed by atoms with van der Waals surface area (Å²) < 4.78 is 9.73. The van der Waals surface area contributed by atoms with Gasteiger partial charge < -0.3 is 9.47 Å². The second kappa shape index (κ2) is 9.36. The Bertz CT molecular complexity index is 520. The number of carbonyl (C=O) groups is 2. The first-order valence-corrected chi connectivity index (χ1v) is 6.66. The summed E-state index contributed by atoms with van der Waals surface area (Å²) in [6.45, 7) is 3.67. The van der Waals surface area contributed by atoms with Crippen molar-refractivity contribution in [2.45, 2.75) is 13.8 Å². The number of nitrogens with one attached hydrogen (secondary N) is 1. The summed E-state index contributed by atoms with van der Waals surface area (Å²) in [6, 6.07) is 9.65. The van der Waals surface area contributed by atoms with Crippen LogP contribution in [0.3, 0.4) is 0 Å². The van der Waals surface area contributed by atoms with Gasteiger partial charge in [-0.1, -0.05) is 42.5 Å². The van der Waals surface area contributed by atoms with Crippen molar-refractivity contribution in [3.63, 3.8) is 0 Å². The zero-order valence-corrected chi connectivity index (χ0v) is 12.2. The van der Waals surface area contributed by atoms with E-state index in [-0.39, 0.29) is 18.9 Å². The molecule has 0 aliphatic carbocycles. The van der Waals surface area contributed by atoms with E-state index in [4.69, 9.17) is 9.47 Å². The van der Waals surface area contributed by atoms with Gasteiger partial charge in [0.05, 0.1) is 6.61 Å². The second-order valence-electron chi connectivity index (χ2n) is 3.96. The molecule has 21 heavy (non-hydrogen) atoms. The highest BCUT2D eigenvalue weighted by atomic mass is 16.6. The van der Waals surface area contributed by atoms with Crippen molar-refractivity contribution in [2.75, 3.05) is 13.2 Å². The largest absolute Gasteiger partial charge is 0.461 e. The number of rotatable bonds is 6. The van der Waals surface area contributed by atoms with Gasteiger partial charge in [-0.3, -0.25) is 5.32 Å². The predicted octanol–water partition coefficient (Wildman–Crippen LogP) is 2.89. The van der Waals surface area contributed by atoms with E-state index >= 15 is 0 Å².